The summed E-state index contributed by atoms with van der Waals surface area (Å²) in [7, 11) is 4.09. The smallest absolute Gasteiger partial charge is 0.169 e. The maximum absolute atomic E-state index is 5.31. The molecule has 3 nitrogen and oxygen atoms in total. The molecule has 0 atom stereocenters. The van der Waals surface area contributed by atoms with E-state index in [2.05, 4.69) is 9.89 Å². The van der Waals surface area contributed by atoms with Crippen LogP contribution in [0.5, 0.6) is 0 Å². The fourth-order valence-corrected chi connectivity index (χ4v) is 1.65. The summed E-state index contributed by atoms with van der Waals surface area (Å²) in [5, 5.41) is 0. The molecule has 1 aliphatic carbocycles. The highest BCUT2D eigenvalue weighted by molar-refractivity contribution is 5.46. The van der Waals surface area contributed by atoms with E-state index in [9.17, 15) is 0 Å². The minimum Gasteiger partial charge on any atom is -0.482 e. The molecule has 1 fully saturated rings. The van der Waals surface area contributed by atoms with Gasteiger partial charge in [0.05, 0.1) is 6.04 Å². The lowest BCUT2D eigenvalue weighted by Gasteiger charge is -2.16. The number of aliphatic imine (C=N–C) groups is 1. The maximum Gasteiger partial charge on any atom is 0.169 e. The number of hydrogen-bond acceptors (Lipinski definition) is 3. The zero-order valence-corrected chi connectivity index (χ0v) is 9.41. The zero-order chi connectivity index (χ0) is 10.2. The van der Waals surface area contributed by atoms with Crippen LogP contribution in [-0.4, -0.2) is 44.6 Å². The minimum absolute atomic E-state index is 0.531. The van der Waals surface area contributed by atoms with E-state index in [1.807, 2.05) is 14.1 Å². The Balaban J connectivity index is 2.01. The van der Waals surface area contributed by atoms with Crippen LogP contribution in [0, 0.1) is 0 Å². The number of nitrogens with zero attached hydrogens (tertiary/aromatic N) is 2. The second-order valence-electron chi connectivity index (χ2n) is 4.22. The van der Waals surface area contributed by atoms with Crippen LogP contribution in [-0.2, 0) is 4.74 Å². The largest absolute Gasteiger partial charge is 0.482 e. The molecule has 0 aromatic carbocycles. The fourth-order valence-electron chi connectivity index (χ4n) is 1.65. The molecule has 0 spiro atoms. The van der Waals surface area contributed by atoms with Gasteiger partial charge in [-0.25, -0.2) is 0 Å². The monoisotopic (exact) mass is 198 g/mol. The van der Waals surface area contributed by atoms with Crippen LogP contribution < -0.4 is 0 Å². The first-order valence-electron chi connectivity index (χ1n) is 5.57. The van der Waals surface area contributed by atoms with Crippen LogP contribution in [0.1, 0.15) is 32.1 Å². The van der Waals surface area contributed by atoms with Crippen molar-refractivity contribution in [2.75, 3.05) is 27.2 Å². The van der Waals surface area contributed by atoms with E-state index in [4.69, 9.17) is 4.74 Å². The quantitative estimate of drug-likeness (QED) is 0.383. The van der Waals surface area contributed by atoms with E-state index >= 15 is 0 Å². The third-order valence-electron chi connectivity index (χ3n) is 2.58. The second-order valence-corrected chi connectivity index (χ2v) is 4.22. The van der Waals surface area contributed by atoms with Crippen LogP contribution in [0.4, 0.5) is 0 Å². The summed E-state index contributed by atoms with van der Waals surface area (Å²) in [6.07, 6.45) is 8.19. The molecule has 1 rings (SSSR count). The van der Waals surface area contributed by atoms with Gasteiger partial charge in [-0.15, -0.1) is 0 Å². The lowest BCUT2D eigenvalue weighted by Crippen LogP contribution is -2.18. The summed E-state index contributed by atoms with van der Waals surface area (Å²) in [6.45, 7) is 1.69. The van der Waals surface area contributed by atoms with Crippen molar-refractivity contribution in [2.45, 2.75) is 38.1 Å². The van der Waals surface area contributed by atoms with Crippen molar-refractivity contribution in [3.63, 3.8) is 0 Å². The Morgan fingerprint density at radius 1 is 1.29 bits per heavy atom. The normalized spacial score (nSPS) is 19.4. The van der Waals surface area contributed by atoms with Crippen molar-refractivity contribution in [3.8, 4) is 0 Å². The lowest BCUT2D eigenvalue weighted by molar-refractivity contribution is 0.258. The molecule has 0 saturated heterocycles. The number of rotatable bonds is 5. The van der Waals surface area contributed by atoms with Gasteiger partial charge in [0.15, 0.2) is 6.40 Å². The molecular formula is C11H22N2O. The molecule has 0 aromatic heterocycles. The molecule has 0 N–H and O–H groups in total. The van der Waals surface area contributed by atoms with Gasteiger partial charge < -0.3 is 9.64 Å². The maximum atomic E-state index is 5.31. The van der Waals surface area contributed by atoms with Gasteiger partial charge in [0.1, 0.15) is 6.61 Å². The summed E-state index contributed by atoms with van der Waals surface area (Å²) >= 11 is 0. The molecule has 82 valence electrons. The molecule has 1 aliphatic rings. The molecule has 0 unspecified atom stereocenters. The van der Waals surface area contributed by atoms with E-state index in [1.165, 1.54) is 32.1 Å². The van der Waals surface area contributed by atoms with Crippen molar-refractivity contribution in [3.05, 3.63) is 0 Å². The van der Waals surface area contributed by atoms with Crippen molar-refractivity contribution in [2.24, 2.45) is 4.99 Å². The summed E-state index contributed by atoms with van der Waals surface area (Å²) in [5.41, 5.74) is 0. The van der Waals surface area contributed by atoms with Gasteiger partial charge in [0, 0.05) is 6.54 Å². The first-order valence-corrected chi connectivity index (χ1v) is 5.57. The number of hydrogen-bond donors (Lipinski definition) is 0. The van der Waals surface area contributed by atoms with Crippen molar-refractivity contribution < 1.29 is 4.74 Å². The van der Waals surface area contributed by atoms with Crippen molar-refractivity contribution in [1.29, 1.82) is 0 Å². The molecule has 0 radical (unpaired) electrons. The first-order chi connectivity index (χ1) is 6.79. The second kappa shape index (κ2) is 6.82. The van der Waals surface area contributed by atoms with Gasteiger partial charge in [-0.05, 0) is 26.9 Å². The Hall–Kier alpha value is -0.570. The highest BCUT2D eigenvalue weighted by atomic mass is 16.5. The van der Waals surface area contributed by atoms with Crippen molar-refractivity contribution in [1.82, 2.24) is 4.90 Å². The SMILES string of the molecule is CN(C)CCOC=NC1CCCCC1. The van der Waals surface area contributed by atoms with E-state index < -0.39 is 0 Å². The van der Waals surface area contributed by atoms with Gasteiger partial charge in [-0.2, -0.15) is 0 Å². The van der Waals surface area contributed by atoms with Gasteiger partial charge >= 0.3 is 0 Å². The predicted octanol–water partition coefficient (Wildman–Crippen LogP) is 1.93. The minimum atomic E-state index is 0.531. The summed E-state index contributed by atoms with van der Waals surface area (Å²) < 4.78 is 5.31. The highest BCUT2D eigenvalue weighted by Gasteiger charge is 2.10. The summed E-state index contributed by atoms with van der Waals surface area (Å²) in [6, 6.07) is 0.531. The average Bonchev–Trinajstić information content (AvgIpc) is 2.18. The van der Waals surface area contributed by atoms with Gasteiger partial charge in [0.25, 0.3) is 0 Å². The highest BCUT2D eigenvalue weighted by Crippen LogP contribution is 2.19. The standard InChI is InChI=1S/C11H22N2O/c1-13(2)8-9-14-10-12-11-6-4-3-5-7-11/h10-11H,3-9H2,1-2H3. The third kappa shape index (κ3) is 5.22. The van der Waals surface area contributed by atoms with Gasteiger partial charge in [-0.1, -0.05) is 19.3 Å². The topological polar surface area (TPSA) is 24.8 Å². The molecule has 1 saturated carbocycles. The third-order valence-corrected chi connectivity index (χ3v) is 2.58. The van der Waals surface area contributed by atoms with E-state index in [-0.39, 0.29) is 0 Å². The molecule has 0 heterocycles. The number of likely N-dealkylation sites (N-methyl/N-ethyl adjacent to an activating group) is 1. The van der Waals surface area contributed by atoms with Crippen LogP contribution in [0.2, 0.25) is 0 Å². The Morgan fingerprint density at radius 2 is 2.00 bits per heavy atom. The molecular weight excluding hydrogens is 176 g/mol. The molecule has 3 heteroatoms. The molecule has 0 amide bonds. The Morgan fingerprint density at radius 3 is 2.64 bits per heavy atom. The summed E-state index contributed by atoms with van der Waals surface area (Å²) in [4.78, 5) is 6.52. The fraction of sp³-hybridized carbons (Fsp3) is 0.909. The van der Waals surface area contributed by atoms with E-state index in [0.717, 1.165) is 13.2 Å². The molecule has 0 bridgehead atoms. The van der Waals surface area contributed by atoms with Crippen LogP contribution in [0.25, 0.3) is 0 Å². The predicted molar refractivity (Wildman–Crippen MR) is 59.9 cm³/mol. The van der Waals surface area contributed by atoms with E-state index in [0.29, 0.717) is 6.04 Å². The molecule has 0 aliphatic heterocycles. The van der Waals surface area contributed by atoms with Gasteiger partial charge in [0.2, 0.25) is 0 Å². The van der Waals surface area contributed by atoms with Crippen LogP contribution in [0.3, 0.4) is 0 Å². The zero-order valence-electron chi connectivity index (χ0n) is 9.41. The average molecular weight is 198 g/mol. The molecule has 0 aromatic rings. The molecule has 14 heavy (non-hydrogen) atoms. The van der Waals surface area contributed by atoms with Gasteiger partial charge in [-0.3, -0.25) is 4.99 Å². The number of ether oxygens (including phenoxy) is 1. The lowest BCUT2D eigenvalue weighted by atomic mass is 9.96. The van der Waals surface area contributed by atoms with Crippen LogP contribution >= 0.6 is 0 Å². The Bertz CT molecular complexity index is 163. The first kappa shape index (κ1) is 11.5. The van der Waals surface area contributed by atoms with E-state index in [1.54, 1.807) is 6.40 Å². The summed E-state index contributed by atoms with van der Waals surface area (Å²) in [5.74, 6) is 0. The Kier molecular flexibility index (Phi) is 5.60. The van der Waals surface area contributed by atoms with Crippen molar-refractivity contribution >= 4 is 6.40 Å². The van der Waals surface area contributed by atoms with Crippen LogP contribution in [0.15, 0.2) is 4.99 Å². The Labute approximate surface area is 87.2 Å².